The summed E-state index contributed by atoms with van der Waals surface area (Å²) in [5, 5.41) is 22.0. The Labute approximate surface area is 198 Å². The Hall–Kier alpha value is -4.16. The maximum absolute atomic E-state index is 12.9. The van der Waals surface area contributed by atoms with E-state index in [4.69, 9.17) is 0 Å². The van der Waals surface area contributed by atoms with E-state index in [0.29, 0.717) is 10.6 Å². The molecule has 4 rings (SSSR count). The predicted octanol–water partition coefficient (Wildman–Crippen LogP) is 4.47. The molecule has 0 saturated heterocycles. The van der Waals surface area contributed by atoms with Gasteiger partial charge in [-0.1, -0.05) is 41.2 Å². The van der Waals surface area contributed by atoms with E-state index in [1.54, 1.807) is 36.4 Å². The number of sulfonamides is 1. The normalized spacial score (nSPS) is 11.1. The summed E-state index contributed by atoms with van der Waals surface area (Å²) in [4.78, 5) is 23.3. The van der Waals surface area contributed by atoms with Gasteiger partial charge >= 0.3 is 0 Å². The minimum Gasteiger partial charge on any atom is -0.296 e. The largest absolute Gasteiger partial charge is 0.296 e. The molecule has 0 radical (unpaired) electrons. The van der Waals surface area contributed by atoms with Crippen molar-refractivity contribution in [2.24, 2.45) is 0 Å². The molecule has 2 N–H and O–H groups in total. The van der Waals surface area contributed by atoms with Crippen molar-refractivity contribution in [3.8, 4) is 10.6 Å². The summed E-state index contributed by atoms with van der Waals surface area (Å²) < 4.78 is 28.0. The second-order valence-corrected chi connectivity index (χ2v) is 9.79. The first-order valence-corrected chi connectivity index (χ1v) is 12.1. The first kappa shape index (κ1) is 23.0. The van der Waals surface area contributed by atoms with E-state index < -0.39 is 20.9 Å². The molecule has 0 unspecified atom stereocenters. The Morgan fingerprint density at radius 3 is 2.32 bits per heavy atom. The highest BCUT2D eigenvalue weighted by Gasteiger charge is 2.20. The maximum Gasteiger partial charge on any atom is 0.269 e. The molecule has 1 heterocycles. The van der Waals surface area contributed by atoms with Crippen molar-refractivity contribution in [3.63, 3.8) is 0 Å². The van der Waals surface area contributed by atoms with E-state index in [0.717, 1.165) is 16.9 Å². The molecule has 0 fully saturated rings. The molecule has 0 atom stereocenters. The van der Waals surface area contributed by atoms with Gasteiger partial charge in [0.1, 0.15) is 5.01 Å². The van der Waals surface area contributed by atoms with Crippen LogP contribution < -0.4 is 10.0 Å². The van der Waals surface area contributed by atoms with Crippen LogP contribution in [-0.4, -0.2) is 29.4 Å². The lowest BCUT2D eigenvalue weighted by Gasteiger charge is -2.12. The van der Waals surface area contributed by atoms with Crippen molar-refractivity contribution in [3.05, 3.63) is 94.0 Å². The number of nitrogens with one attached hydrogen (secondary N) is 2. The van der Waals surface area contributed by atoms with E-state index in [1.807, 2.05) is 6.92 Å². The van der Waals surface area contributed by atoms with Crippen LogP contribution in [0.1, 0.15) is 15.9 Å². The predicted molar refractivity (Wildman–Crippen MR) is 128 cm³/mol. The Morgan fingerprint density at radius 2 is 1.65 bits per heavy atom. The summed E-state index contributed by atoms with van der Waals surface area (Å²) in [6.45, 7) is 1.85. The van der Waals surface area contributed by atoms with Crippen LogP contribution in [0.25, 0.3) is 10.6 Å². The third-order valence-electron chi connectivity index (χ3n) is 4.72. The lowest BCUT2D eigenvalue weighted by atomic mass is 10.2. The number of anilines is 2. The van der Waals surface area contributed by atoms with Crippen molar-refractivity contribution < 1.29 is 18.1 Å². The molecule has 10 nitrogen and oxygen atoms in total. The third-order valence-corrected chi connectivity index (χ3v) is 6.99. The van der Waals surface area contributed by atoms with Crippen LogP contribution in [0.2, 0.25) is 0 Å². The van der Waals surface area contributed by atoms with Crippen LogP contribution >= 0.6 is 11.3 Å². The number of non-ortho nitro benzene ring substituents is 1. The molecule has 1 aromatic heterocycles. The van der Waals surface area contributed by atoms with Crippen LogP contribution in [0.3, 0.4) is 0 Å². The monoisotopic (exact) mass is 495 g/mol. The lowest BCUT2D eigenvalue weighted by molar-refractivity contribution is -0.384. The van der Waals surface area contributed by atoms with Crippen LogP contribution in [0.15, 0.2) is 77.7 Å². The highest BCUT2D eigenvalue weighted by atomic mass is 32.2. The van der Waals surface area contributed by atoms with Crippen LogP contribution in [-0.2, 0) is 10.0 Å². The molecule has 0 saturated carbocycles. The van der Waals surface area contributed by atoms with Crippen molar-refractivity contribution in [2.75, 3.05) is 10.0 Å². The molecule has 0 bridgehead atoms. The molecule has 4 aromatic rings. The van der Waals surface area contributed by atoms with Crippen molar-refractivity contribution >= 4 is 43.8 Å². The van der Waals surface area contributed by atoms with Gasteiger partial charge < -0.3 is 0 Å². The van der Waals surface area contributed by atoms with Gasteiger partial charge in [-0.05, 0) is 43.3 Å². The van der Waals surface area contributed by atoms with Gasteiger partial charge in [0.2, 0.25) is 5.13 Å². The number of aromatic nitrogens is 2. The number of carbonyl (C=O) groups excluding carboxylic acids is 1. The van der Waals surface area contributed by atoms with E-state index in [9.17, 15) is 23.3 Å². The summed E-state index contributed by atoms with van der Waals surface area (Å²) in [5.74, 6) is -0.575. The molecular weight excluding hydrogens is 478 g/mol. The minimum atomic E-state index is -3.90. The zero-order chi connectivity index (χ0) is 24.3. The van der Waals surface area contributed by atoms with Gasteiger partial charge in [0, 0.05) is 17.7 Å². The first-order chi connectivity index (χ1) is 16.2. The van der Waals surface area contributed by atoms with Gasteiger partial charge in [-0.25, -0.2) is 8.42 Å². The van der Waals surface area contributed by atoms with E-state index in [-0.39, 0.29) is 27.0 Å². The average Bonchev–Trinajstić information content (AvgIpc) is 3.28. The molecular formula is C22H17N5O5S2. The van der Waals surface area contributed by atoms with Gasteiger partial charge in [-0.2, -0.15) is 0 Å². The first-order valence-electron chi connectivity index (χ1n) is 9.81. The molecule has 12 heteroatoms. The Balaban J connectivity index is 1.52. The van der Waals surface area contributed by atoms with Crippen LogP contribution in [0.4, 0.5) is 16.5 Å². The number of carbonyl (C=O) groups is 1. The van der Waals surface area contributed by atoms with Crippen LogP contribution in [0, 0.1) is 17.0 Å². The SMILES string of the molecule is Cc1ccc(S(=O)(=O)Nc2ccccc2C(=O)Nc2nnc(-c3ccc([N+](=O)[O-])cc3)s2)cc1. The second-order valence-electron chi connectivity index (χ2n) is 7.13. The zero-order valence-corrected chi connectivity index (χ0v) is 19.3. The summed E-state index contributed by atoms with van der Waals surface area (Å²) in [5.41, 5.74) is 1.69. The van der Waals surface area contributed by atoms with Crippen LogP contribution in [0.5, 0.6) is 0 Å². The molecule has 1 amide bonds. The fourth-order valence-corrected chi connectivity index (χ4v) is 4.80. The fraction of sp³-hybridized carbons (Fsp3) is 0.0455. The number of rotatable bonds is 7. The standard InChI is InChI=1S/C22H17N5O5S2/c1-14-6-12-17(13-7-14)34(31,32)26-19-5-3-2-4-18(19)20(28)23-22-25-24-21(33-22)15-8-10-16(11-9-15)27(29)30/h2-13,26H,1H3,(H,23,25,28). The number of hydrogen-bond acceptors (Lipinski definition) is 8. The molecule has 0 aliphatic carbocycles. The topological polar surface area (TPSA) is 144 Å². The summed E-state index contributed by atoms with van der Waals surface area (Å²) >= 11 is 1.08. The number of aryl methyl sites for hydroxylation is 1. The Morgan fingerprint density at radius 1 is 0.971 bits per heavy atom. The number of amides is 1. The zero-order valence-electron chi connectivity index (χ0n) is 17.6. The molecule has 0 aliphatic rings. The average molecular weight is 496 g/mol. The molecule has 0 aliphatic heterocycles. The Bertz CT molecular complexity index is 1470. The second kappa shape index (κ2) is 9.37. The van der Waals surface area contributed by atoms with Gasteiger partial charge in [0.05, 0.1) is 21.1 Å². The van der Waals surface area contributed by atoms with Gasteiger partial charge in [0.25, 0.3) is 21.6 Å². The summed E-state index contributed by atoms with van der Waals surface area (Å²) in [6.07, 6.45) is 0. The maximum atomic E-state index is 12.9. The van der Waals surface area contributed by atoms with Crippen molar-refractivity contribution in [2.45, 2.75) is 11.8 Å². The number of para-hydroxylation sites is 1. The number of nitro benzene ring substituents is 1. The van der Waals surface area contributed by atoms with E-state index in [2.05, 4.69) is 20.2 Å². The van der Waals surface area contributed by atoms with Gasteiger partial charge in [-0.3, -0.25) is 24.9 Å². The summed E-state index contributed by atoms with van der Waals surface area (Å²) in [7, 11) is -3.90. The molecule has 34 heavy (non-hydrogen) atoms. The van der Waals surface area contributed by atoms with Crippen molar-refractivity contribution in [1.29, 1.82) is 0 Å². The van der Waals surface area contributed by atoms with E-state index >= 15 is 0 Å². The molecule has 0 spiro atoms. The van der Waals surface area contributed by atoms with Gasteiger partial charge in [-0.15, -0.1) is 10.2 Å². The quantitative estimate of drug-likeness (QED) is 0.284. The number of benzene rings is 3. The highest BCUT2D eigenvalue weighted by Crippen LogP contribution is 2.29. The van der Waals surface area contributed by atoms with Crippen molar-refractivity contribution in [1.82, 2.24) is 10.2 Å². The van der Waals surface area contributed by atoms with E-state index in [1.165, 1.54) is 36.4 Å². The number of nitrogens with zero attached hydrogens (tertiary/aromatic N) is 3. The number of nitro groups is 1. The Kier molecular flexibility index (Phi) is 6.34. The fourth-order valence-electron chi connectivity index (χ4n) is 2.97. The number of hydrogen-bond donors (Lipinski definition) is 2. The third kappa shape index (κ3) is 5.08. The molecule has 3 aromatic carbocycles. The summed E-state index contributed by atoms with van der Waals surface area (Å²) in [6, 6.07) is 18.3. The lowest BCUT2D eigenvalue weighted by Crippen LogP contribution is -2.18. The smallest absolute Gasteiger partial charge is 0.269 e. The minimum absolute atomic E-state index is 0.0495. The highest BCUT2D eigenvalue weighted by molar-refractivity contribution is 7.92. The van der Waals surface area contributed by atoms with Gasteiger partial charge in [0.15, 0.2) is 0 Å². The molecule has 172 valence electrons.